The highest BCUT2D eigenvalue weighted by Crippen LogP contribution is 2.32. The van der Waals surface area contributed by atoms with E-state index in [1.807, 2.05) is 53.6 Å². The molecule has 0 atom stereocenters. The van der Waals surface area contributed by atoms with Crippen molar-refractivity contribution in [3.63, 3.8) is 0 Å². The van der Waals surface area contributed by atoms with Gasteiger partial charge in [-0.3, -0.25) is 9.59 Å². The molecule has 0 radical (unpaired) electrons. The lowest BCUT2D eigenvalue weighted by molar-refractivity contribution is -0.129. The second-order valence-electron chi connectivity index (χ2n) is 9.60. The van der Waals surface area contributed by atoms with E-state index in [4.69, 9.17) is 4.98 Å². The molecule has 0 bridgehead atoms. The molecule has 1 aliphatic heterocycles. The molecule has 5 rings (SSSR count). The SMILES string of the molecule is C=CC(=O)Cc1cccc(-c2c(C)ccc3cnc(Nc4ccc(N5CCN(C(C)=O)CC5)cc4)nc23)c1. The lowest BCUT2D eigenvalue weighted by Gasteiger charge is -2.35. The van der Waals surface area contributed by atoms with E-state index in [0.717, 1.165) is 70.7 Å². The minimum atomic E-state index is -0.00468. The number of carbonyl (C=O) groups is 2. The number of hydrogen-bond acceptors (Lipinski definition) is 6. The molecule has 7 heteroatoms. The van der Waals surface area contributed by atoms with Crippen molar-refractivity contribution in [2.75, 3.05) is 36.4 Å². The molecule has 0 aliphatic carbocycles. The largest absolute Gasteiger partial charge is 0.368 e. The fourth-order valence-electron chi connectivity index (χ4n) is 4.90. The lowest BCUT2D eigenvalue weighted by Crippen LogP contribution is -2.48. The first-order chi connectivity index (χ1) is 18.4. The molecule has 0 spiro atoms. The Labute approximate surface area is 222 Å². The van der Waals surface area contributed by atoms with Crippen molar-refractivity contribution < 1.29 is 9.59 Å². The Kier molecular flexibility index (Phi) is 7.18. The van der Waals surface area contributed by atoms with Crippen LogP contribution in [0.15, 0.2) is 79.5 Å². The summed E-state index contributed by atoms with van der Waals surface area (Å²) in [6.07, 6.45) is 3.52. The number of benzene rings is 3. The van der Waals surface area contributed by atoms with Crippen molar-refractivity contribution in [1.82, 2.24) is 14.9 Å². The minimum Gasteiger partial charge on any atom is -0.368 e. The van der Waals surface area contributed by atoms with Gasteiger partial charge in [0.25, 0.3) is 0 Å². The van der Waals surface area contributed by atoms with Crippen LogP contribution >= 0.6 is 0 Å². The highest BCUT2D eigenvalue weighted by Gasteiger charge is 2.19. The van der Waals surface area contributed by atoms with E-state index in [-0.39, 0.29) is 11.7 Å². The van der Waals surface area contributed by atoms with E-state index in [9.17, 15) is 9.59 Å². The third kappa shape index (κ3) is 5.42. The zero-order chi connectivity index (χ0) is 26.6. The molecule has 3 aromatic carbocycles. The van der Waals surface area contributed by atoms with Crippen LogP contribution in [0.3, 0.4) is 0 Å². The number of amides is 1. The third-order valence-corrected chi connectivity index (χ3v) is 7.00. The summed E-state index contributed by atoms with van der Waals surface area (Å²) in [5.74, 6) is 0.647. The molecular weight excluding hydrogens is 474 g/mol. The molecule has 0 unspecified atom stereocenters. The van der Waals surface area contributed by atoms with Crippen LogP contribution < -0.4 is 10.2 Å². The quantitative estimate of drug-likeness (QED) is 0.343. The highest BCUT2D eigenvalue weighted by molar-refractivity contribution is 5.96. The average Bonchev–Trinajstić information content (AvgIpc) is 2.93. The van der Waals surface area contributed by atoms with Crippen LogP contribution in [-0.4, -0.2) is 52.7 Å². The molecule has 1 amide bonds. The Morgan fingerprint density at radius 2 is 1.79 bits per heavy atom. The third-order valence-electron chi connectivity index (χ3n) is 7.00. The number of piperazine rings is 1. The Bertz CT molecular complexity index is 1500. The van der Waals surface area contributed by atoms with Crippen LogP contribution in [0.2, 0.25) is 0 Å². The van der Waals surface area contributed by atoms with E-state index in [2.05, 4.69) is 46.9 Å². The van der Waals surface area contributed by atoms with Crippen LogP contribution in [0.4, 0.5) is 17.3 Å². The summed E-state index contributed by atoms with van der Waals surface area (Å²) in [6, 6.07) is 20.3. The predicted octanol–water partition coefficient (Wildman–Crippen LogP) is 5.31. The molecule has 1 fully saturated rings. The highest BCUT2D eigenvalue weighted by atomic mass is 16.2. The van der Waals surface area contributed by atoms with E-state index in [0.29, 0.717) is 12.4 Å². The summed E-state index contributed by atoms with van der Waals surface area (Å²) >= 11 is 0. The van der Waals surface area contributed by atoms with Crippen LogP contribution in [-0.2, 0) is 16.0 Å². The Morgan fingerprint density at radius 3 is 2.50 bits per heavy atom. The predicted molar refractivity (Wildman–Crippen MR) is 153 cm³/mol. The van der Waals surface area contributed by atoms with E-state index in [1.165, 1.54) is 6.08 Å². The number of nitrogens with one attached hydrogen (secondary N) is 1. The van der Waals surface area contributed by atoms with Crippen LogP contribution in [0.5, 0.6) is 0 Å². The van der Waals surface area contributed by atoms with Crippen molar-refractivity contribution in [1.29, 1.82) is 0 Å². The van der Waals surface area contributed by atoms with Gasteiger partial charge in [-0.15, -0.1) is 0 Å². The molecular formula is C31H31N5O2. The van der Waals surface area contributed by atoms with Crippen LogP contribution in [0.1, 0.15) is 18.1 Å². The van der Waals surface area contributed by atoms with Gasteiger partial charge in [0.1, 0.15) is 0 Å². The second-order valence-corrected chi connectivity index (χ2v) is 9.60. The van der Waals surface area contributed by atoms with Gasteiger partial charge in [-0.25, -0.2) is 9.97 Å². The number of anilines is 3. The fraction of sp³-hybridized carbons (Fsp3) is 0.226. The summed E-state index contributed by atoms with van der Waals surface area (Å²) in [5.41, 5.74) is 6.97. The fourth-order valence-corrected chi connectivity index (χ4v) is 4.90. The molecule has 192 valence electrons. The molecule has 4 aromatic rings. The molecule has 1 saturated heterocycles. The maximum absolute atomic E-state index is 11.9. The average molecular weight is 506 g/mol. The maximum Gasteiger partial charge on any atom is 0.227 e. The first-order valence-electron chi connectivity index (χ1n) is 12.8. The van der Waals surface area contributed by atoms with Crippen molar-refractivity contribution >= 4 is 39.9 Å². The monoisotopic (exact) mass is 505 g/mol. The molecule has 2 heterocycles. The summed E-state index contributed by atoms with van der Waals surface area (Å²) in [5, 5.41) is 4.29. The van der Waals surface area contributed by atoms with Gasteiger partial charge in [0.2, 0.25) is 11.9 Å². The van der Waals surface area contributed by atoms with Gasteiger partial charge in [0.05, 0.1) is 5.52 Å². The molecule has 1 aliphatic rings. The number of allylic oxidation sites excluding steroid dienone is 1. The van der Waals surface area contributed by atoms with Crippen molar-refractivity contribution in [2.45, 2.75) is 20.3 Å². The molecule has 0 saturated carbocycles. The van der Waals surface area contributed by atoms with Crippen molar-refractivity contribution in [2.24, 2.45) is 0 Å². The van der Waals surface area contributed by atoms with Gasteiger partial charge in [0, 0.05) is 68.0 Å². The topological polar surface area (TPSA) is 78.4 Å². The normalized spacial score (nSPS) is 13.4. The minimum absolute atomic E-state index is 0.00468. The van der Waals surface area contributed by atoms with E-state index >= 15 is 0 Å². The number of fused-ring (bicyclic) bond motifs is 1. The number of carbonyl (C=O) groups excluding carboxylic acids is 2. The number of aryl methyl sites for hydroxylation is 1. The van der Waals surface area contributed by atoms with Gasteiger partial charge in [-0.05, 0) is 54.0 Å². The zero-order valence-electron chi connectivity index (χ0n) is 21.8. The van der Waals surface area contributed by atoms with Gasteiger partial charge in [-0.2, -0.15) is 0 Å². The Balaban J connectivity index is 1.38. The summed E-state index contributed by atoms with van der Waals surface area (Å²) in [6.45, 7) is 10.4. The maximum atomic E-state index is 11.9. The lowest BCUT2D eigenvalue weighted by atomic mass is 9.95. The summed E-state index contributed by atoms with van der Waals surface area (Å²) < 4.78 is 0. The molecule has 1 aromatic heterocycles. The Morgan fingerprint density at radius 1 is 1.03 bits per heavy atom. The van der Waals surface area contributed by atoms with Gasteiger partial charge in [-0.1, -0.05) is 43.0 Å². The number of hydrogen-bond donors (Lipinski definition) is 1. The standard InChI is InChI=1S/C31H31N5O2/c1-4-28(38)19-23-6-5-7-24(18-23)29-21(2)8-9-25-20-32-31(34-30(25)29)33-26-10-12-27(13-11-26)36-16-14-35(15-17-36)22(3)37/h4-13,18,20H,1,14-17,19H2,2-3H3,(H,32,33,34). The van der Waals surface area contributed by atoms with Crippen molar-refractivity contribution in [3.05, 3.63) is 90.6 Å². The first kappa shape index (κ1) is 25.1. The number of nitrogens with zero attached hydrogens (tertiary/aromatic N) is 4. The van der Waals surface area contributed by atoms with Gasteiger partial charge in [0.15, 0.2) is 5.78 Å². The van der Waals surface area contributed by atoms with Gasteiger partial charge < -0.3 is 15.1 Å². The number of rotatable bonds is 7. The molecule has 1 N–H and O–H groups in total. The molecule has 7 nitrogen and oxygen atoms in total. The van der Waals surface area contributed by atoms with Crippen molar-refractivity contribution in [3.8, 4) is 11.1 Å². The van der Waals surface area contributed by atoms with Gasteiger partial charge >= 0.3 is 0 Å². The Hall–Kier alpha value is -4.52. The second kappa shape index (κ2) is 10.8. The smallest absolute Gasteiger partial charge is 0.227 e. The summed E-state index contributed by atoms with van der Waals surface area (Å²) in [4.78, 5) is 37.1. The van der Waals surface area contributed by atoms with E-state index in [1.54, 1.807) is 6.92 Å². The zero-order valence-corrected chi connectivity index (χ0v) is 21.8. The first-order valence-corrected chi connectivity index (χ1v) is 12.8. The number of ketones is 1. The van der Waals surface area contributed by atoms with Crippen LogP contribution in [0, 0.1) is 6.92 Å². The van der Waals surface area contributed by atoms with Crippen LogP contribution in [0.25, 0.3) is 22.0 Å². The van der Waals surface area contributed by atoms with E-state index < -0.39 is 0 Å². The number of aromatic nitrogens is 2. The molecule has 38 heavy (non-hydrogen) atoms. The summed E-state index contributed by atoms with van der Waals surface area (Å²) in [7, 11) is 0.